The molecule has 0 fully saturated rings. The van der Waals surface area contributed by atoms with Crippen LogP contribution >= 0.6 is 0 Å². The van der Waals surface area contributed by atoms with Gasteiger partial charge in [0, 0.05) is 32.0 Å². The third-order valence-electron chi connectivity index (χ3n) is 12.2. The molecule has 3 heterocycles. The minimum Gasteiger partial charge on any atom is -0.333 e. The van der Waals surface area contributed by atoms with Crippen molar-refractivity contribution in [1.29, 1.82) is 0 Å². The number of hydrogen-bond donors (Lipinski definition) is 0. The third-order valence-corrected chi connectivity index (χ3v) is 14.2. The van der Waals surface area contributed by atoms with Gasteiger partial charge in [0.25, 0.3) is 0 Å². The Morgan fingerprint density at radius 2 is 1.36 bits per heavy atom. The van der Waals surface area contributed by atoms with E-state index in [9.17, 15) is 0 Å². The first kappa shape index (κ1) is 44.1. The number of pyridine rings is 2. The van der Waals surface area contributed by atoms with E-state index in [1.54, 1.807) is 12.4 Å². The van der Waals surface area contributed by atoms with Crippen LogP contribution in [0.25, 0.3) is 61.3 Å². The van der Waals surface area contributed by atoms with E-state index in [-0.39, 0.29) is 25.5 Å². The molecule has 9 rings (SSSR count). The van der Waals surface area contributed by atoms with Crippen LogP contribution in [0, 0.1) is 18.1 Å². The van der Waals surface area contributed by atoms with Gasteiger partial charge in [0.15, 0.2) is 0 Å². The third kappa shape index (κ3) is 8.48. The van der Waals surface area contributed by atoms with Gasteiger partial charge in [-0.1, -0.05) is 153 Å². The molecule has 313 valence electrons. The summed E-state index contributed by atoms with van der Waals surface area (Å²) >= 11 is 0. The van der Waals surface area contributed by atoms with Gasteiger partial charge in [0.2, 0.25) is 0 Å². The molecule has 0 aliphatic heterocycles. The quantitative estimate of drug-likeness (QED) is 0.113. The van der Waals surface area contributed by atoms with E-state index in [0.717, 1.165) is 40.1 Å². The number of rotatable bonds is 8. The Labute approximate surface area is 378 Å². The molecule has 3 aromatic heterocycles. The van der Waals surface area contributed by atoms with E-state index < -0.39 is 8.07 Å². The molecule has 8 aromatic rings. The Morgan fingerprint density at radius 1 is 0.705 bits per heavy atom. The van der Waals surface area contributed by atoms with Gasteiger partial charge in [-0.25, -0.2) is 0 Å². The molecule has 0 spiro atoms. The average Bonchev–Trinajstić information content (AvgIpc) is 3.71. The molecule has 1 radical (unpaired) electrons. The minimum atomic E-state index is -1.35. The molecule has 0 saturated heterocycles. The van der Waals surface area contributed by atoms with Crippen LogP contribution in [-0.2, 0) is 31.9 Å². The standard InChI is InChI=1S/C38H35N2.C17H23N2Si.Ir/c1-23(2)28-14-11-15-29(24(3)4)36(28)40-35-17-10-9-16-34(35)39-37(40)27-18-19-32-30(21-27)31-20-25-12-7-8-13-26(25)22-33(31)38(32,5)6;1-13(2)10-15-11-16(14-6-8-18-9-7-14)19-12-17(15)20(3,4)5;/h7-17,19-24H,1-6H3;6,8-9,11-13H,10H2,1-5H3;/q2*-1;. The number of benzene rings is 5. The first-order chi connectivity index (χ1) is 28.6. The summed E-state index contributed by atoms with van der Waals surface area (Å²) in [6.07, 6.45) is 6.70. The molecule has 1 aliphatic carbocycles. The second kappa shape index (κ2) is 17.4. The summed E-state index contributed by atoms with van der Waals surface area (Å²) in [5.41, 5.74) is 15.8. The average molecular weight is 995 g/mol. The number of nitrogens with zero attached hydrogens (tertiary/aromatic N) is 4. The van der Waals surface area contributed by atoms with Gasteiger partial charge < -0.3 is 9.55 Å². The second-order valence-electron chi connectivity index (χ2n) is 19.1. The van der Waals surface area contributed by atoms with Crippen molar-refractivity contribution in [2.24, 2.45) is 5.92 Å². The number of fused-ring (bicyclic) bond motifs is 5. The smallest absolute Gasteiger partial charge is 0.0798 e. The van der Waals surface area contributed by atoms with Crippen LogP contribution in [0.5, 0.6) is 0 Å². The molecule has 4 nitrogen and oxygen atoms in total. The fourth-order valence-electron chi connectivity index (χ4n) is 9.09. The van der Waals surface area contributed by atoms with Crippen molar-refractivity contribution in [3.63, 3.8) is 0 Å². The van der Waals surface area contributed by atoms with Gasteiger partial charge in [-0.3, -0.25) is 9.97 Å². The van der Waals surface area contributed by atoms with Crippen LogP contribution in [0.4, 0.5) is 0 Å². The molecule has 61 heavy (non-hydrogen) atoms. The number of para-hydroxylation sites is 3. The van der Waals surface area contributed by atoms with Gasteiger partial charge in [-0.15, -0.1) is 35.4 Å². The summed E-state index contributed by atoms with van der Waals surface area (Å²) in [5.74, 6) is 2.37. The second-order valence-corrected chi connectivity index (χ2v) is 24.2. The molecule has 0 unspecified atom stereocenters. The fraction of sp³-hybridized carbons (Fsp3) is 0.291. The molecule has 0 bridgehead atoms. The number of aromatic nitrogens is 4. The number of imidazole rings is 1. The van der Waals surface area contributed by atoms with Gasteiger partial charge in [0.1, 0.15) is 0 Å². The predicted octanol–water partition coefficient (Wildman–Crippen LogP) is 13.9. The fourth-order valence-corrected chi connectivity index (χ4v) is 10.7. The summed E-state index contributed by atoms with van der Waals surface area (Å²) in [4.78, 5) is 13.9. The van der Waals surface area contributed by atoms with Crippen molar-refractivity contribution < 1.29 is 20.1 Å². The van der Waals surface area contributed by atoms with Crippen molar-refractivity contribution in [3.05, 3.63) is 162 Å². The maximum absolute atomic E-state index is 5.26. The van der Waals surface area contributed by atoms with E-state index >= 15 is 0 Å². The SMILES string of the molecule is CC(C)Cc1cc(-c2[c-]cncc2)ncc1[Si](C)(C)C.CC(C)c1cccc(C(C)C)c1-n1c(-c2[c-]cc3c(c2)-c2cc4ccccc4cc2C3(C)C)nc2ccccc21.[Ir]. The minimum absolute atomic E-state index is 0. The zero-order chi connectivity index (χ0) is 42.5. The van der Waals surface area contributed by atoms with Crippen LogP contribution in [0.2, 0.25) is 19.6 Å². The first-order valence-electron chi connectivity index (χ1n) is 21.7. The van der Waals surface area contributed by atoms with Crippen LogP contribution in [0.3, 0.4) is 0 Å². The van der Waals surface area contributed by atoms with Crippen LogP contribution in [-0.4, -0.2) is 27.6 Å². The van der Waals surface area contributed by atoms with E-state index in [4.69, 9.17) is 4.98 Å². The molecule has 1 aliphatic rings. The Hall–Kier alpha value is -5.00. The normalized spacial score (nSPS) is 13.0. The Morgan fingerprint density at radius 3 is 2.00 bits per heavy atom. The van der Waals surface area contributed by atoms with Gasteiger partial charge in [-0.2, -0.15) is 11.6 Å². The Bertz CT molecular complexity index is 2820. The van der Waals surface area contributed by atoms with Crippen molar-refractivity contribution >= 4 is 35.1 Å². The first-order valence-corrected chi connectivity index (χ1v) is 25.2. The molecule has 0 N–H and O–H groups in total. The van der Waals surface area contributed by atoms with E-state index in [2.05, 4.69) is 205 Å². The maximum atomic E-state index is 5.26. The van der Waals surface area contributed by atoms with Gasteiger partial charge in [0.05, 0.1) is 24.9 Å². The monoisotopic (exact) mass is 995 g/mol. The van der Waals surface area contributed by atoms with Crippen LogP contribution in [0.15, 0.2) is 122 Å². The Balaban J connectivity index is 0.000000226. The van der Waals surface area contributed by atoms with Crippen LogP contribution < -0.4 is 5.19 Å². The maximum Gasteiger partial charge on any atom is 0.0798 e. The predicted molar refractivity (Wildman–Crippen MR) is 256 cm³/mol. The van der Waals surface area contributed by atoms with Crippen molar-refractivity contribution in [1.82, 2.24) is 19.5 Å². The summed E-state index contributed by atoms with van der Waals surface area (Å²) in [7, 11) is -1.35. The zero-order valence-corrected chi connectivity index (χ0v) is 41.0. The van der Waals surface area contributed by atoms with E-state index in [1.807, 2.05) is 6.07 Å². The van der Waals surface area contributed by atoms with Crippen molar-refractivity contribution in [2.45, 2.75) is 98.7 Å². The molecular weight excluding hydrogens is 937 g/mol. The van der Waals surface area contributed by atoms with Gasteiger partial charge in [-0.05, 0) is 104 Å². The number of hydrogen-bond acceptors (Lipinski definition) is 3. The molecule has 6 heteroatoms. The topological polar surface area (TPSA) is 43.6 Å². The van der Waals surface area contributed by atoms with E-state index in [1.165, 1.54) is 60.6 Å². The van der Waals surface area contributed by atoms with Crippen LogP contribution in [0.1, 0.15) is 95.0 Å². The summed E-state index contributed by atoms with van der Waals surface area (Å²) in [6.45, 7) is 25.5. The molecule has 5 aromatic carbocycles. The molecular formula is C55H58IrN4Si-2. The summed E-state index contributed by atoms with van der Waals surface area (Å²) in [6, 6.07) is 44.4. The van der Waals surface area contributed by atoms with Gasteiger partial charge >= 0.3 is 0 Å². The summed E-state index contributed by atoms with van der Waals surface area (Å²) in [5, 5.41) is 4.04. The molecule has 0 saturated carbocycles. The molecule has 0 amide bonds. The Kier molecular flexibility index (Phi) is 12.6. The van der Waals surface area contributed by atoms with Crippen molar-refractivity contribution in [2.75, 3.05) is 0 Å². The zero-order valence-electron chi connectivity index (χ0n) is 37.6. The molecule has 0 atom stereocenters. The summed E-state index contributed by atoms with van der Waals surface area (Å²) < 4.78 is 2.40. The van der Waals surface area contributed by atoms with Crippen molar-refractivity contribution in [3.8, 4) is 39.5 Å². The van der Waals surface area contributed by atoms with E-state index in [0.29, 0.717) is 17.8 Å². The largest absolute Gasteiger partial charge is 0.333 e.